The third-order valence-electron chi connectivity index (χ3n) is 5.33. The van der Waals surface area contributed by atoms with Gasteiger partial charge in [0.05, 0.1) is 19.1 Å². The van der Waals surface area contributed by atoms with Crippen LogP contribution in [0.15, 0.2) is 107 Å². The number of anilines is 1. The molecule has 0 saturated heterocycles. The van der Waals surface area contributed by atoms with E-state index >= 15 is 0 Å². The molecule has 0 aliphatic rings. The summed E-state index contributed by atoms with van der Waals surface area (Å²) in [6.45, 7) is 0. The highest BCUT2D eigenvalue weighted by Gasteiger charge is 2.18. The van der Waals surface area contributed by atoms with Gasteiger partial charge in [0.15, 0.2) is 10.9 Å². The smallest absolute Gasteiger partial charge is 0.255 e. The van der Waals surface area contributed by atoms with Gasteiger partial charge in [-0.3, -0.25) is 9.36 Å². The summed E-state index contributed by atoms with van der Waals surface area (Å²) >= 11 is 1.57. The van der Waals surface area contributed by atoms with Crippen molar-refractivity contribution in [3.05, 3.63) is 108 Å². The highest BCUT2D eigenvalue weighted by Crippen LogP contribution is 2.30. The number of carbonyl (C=O) groups is 1. The van der Waals surface area contributed by atoms with Crippen molar-refractivity contribution in [2.24, 2.45) is 0 Å². The number of aromatic nitrogens is 3. The average molecular weight is 483 g/mol. The molecule has 5 aromatic rings. The quantitative estimate of drug-likeness (QED) is 0.270. The number of nitrogens with zero attached hydrogens (tertiary/aromatic N) is 3. The third-order valence-corrected chi connectivity index (χ3v) is 6.33. The predicted molar refractivity (Wildman–Crippen MR) is 136 cm³/mol. The summed E-state index contributed by atoms with van der Waals surface area (Å²) in [6, 6.07) is 28.5. The number of methoxy groups -OCH3 is 1. The van der Waals surface area contributed by atoms with Crippen LogP contribution in [0.4, 0.5) is 5.69 Å². The molecule has 0 spiro atoms. The van der Waals surface area contributed by atoms with Gasteiger partial charge < -0.3 is 14.5 Å². The number of hydrogen-bond acceptors (Lipinski definition) is 6. The van der Waals surface area contributed by atoms with Crippen molar-refractivity contribution < 1.29 is 13.9 Å². The number of amides is 1. The summed E-state index contributed by atoms with van der Waals surface area (Å²) in [5.41, 5.74) is 3.21. The van der Waals surface area contributed by atoms with Crippen molar-refractivity contribution in [3.63, 3.8) is 0 Å². The van der Waals surface area contributed by atoms with Crippen LogP contribution >= 0.6 is 11.8 Å². The lowest BCUT2D eigenvalue weighted by molar-refractivity contribution is 0.102. The largest absolute Gasteiger partial charge is 0.495 e. The van der Waals surface area contributed by atoms with Crippen LogP contribution in [-0.4, -0.2) is 27.8 Å². The van der Waals surface area contributed by atoms with Crippen LogP contribution in [0.2, 0.25) is 0 Å². The van der Waals surface area contributed by atoms with Gasteiger partial charge in [0, 0.05) is 17.0 Å². The molecule has 2 heterocycles. The summed E-state index contributed by atoms with van der Waals surface area (Å²) < 4.78 is 12.9. The number of benzene rings is 3. The normalized spacial score (nSPS) is 10.8. The highest BCUT2D eigenvalue weighted by molar-refractivity contribution is 7.98. The number of hydrogen-bond donors (Lipinski definition) is 1. The Morgan fingerprint density at radius 3 is 2.46 bits per heavy atom. The average Bonchev–Trinajstić information content (AvgIpc) is 3.59. The first-order chi connectivity index (χ1) is 17.2. The van der Waals surface area contributed by atoms with E-state index in [4.69, 9.17) is 9.15 Å². The van der Waals surface area contributed by atoms with Crippen LogP contribution < -0.4 is 10.1 Å². The van der Waals surface area contributed by atoms with Crippen molar-refractivity contribution in [3.8, 4) is 23.0 Å². The minimum atomic E-state index is -0.194. The topological polar surface area (TPSA) is 82.2 Å². The van der Waals surface area contributed by atoms with Gasteiger partial charge in [0.1, 0.15) is 5.75 Å². The summed E-state index contributed by atoms with van der Waals surface area (Å²) in [5, 5.41) is 12.4. The summed E-state index contributed by atoms with van der Waals surface area (Å²) in [6.07, 6.45) is 1.62. The first-order valence-electron chi connectivity index (χ1n) is 10.9. The fourth-order valence-electron chi connectivity index (χ4n) is 3.58. The Kier molecular flexibility index (Phi) is 6.63. The Hall–Kier alpha value is -4.30. The highest BCUT2D eigenvalue weighted by atomic mass is 32.2. The van der Waals surface area contributed by atoms with E-state index in [2.05, 4.69) is 15.5 Å². The number of ether oxygens (including phenoxy) is 1. The molecule has 0 saturated carbocycles. The van der Waals surface area contributed by atoms with Crippen LogP contribution in [0.25, 0.3) is 17.3 Å². The molecular formula is C27H22N4O3S. The zero-order valence-electron chi connectivity index (χ0n) is 18.9. The van der Waals surface area contributed by atoms with Gasteiger partial charge >= 0.3 is 0 Å². The lowest BCUT2D eigenvalue weighted by atomic mass is 10.1. The number of furan rings is 1. The molecule has 3 aromatic carbocycles. The molecule has 2 aromatic heterocycles. The van der Waals surface area contributed by atoms with Crippen molar-refractivity contribution in [1.29, 1.82) is 0 Å². The maximum Gasteiger partial charge on any atom is 0.255 e. The lowest BCUT2D eigenvalue weighted by Crippen LogP contribution is -2.12. The van der Waals surface area contributed by atoms with Gasteiger partial charge in [-0.25, -0.2) is 0 Å². The molecule has 8 heteroatoms. The molecule has 0 aliphatic carbocycles. The fraction of sp³-hybridized carbons (Fsp3) is 0.0741. The van der Waals surface area contributed by atoms with Gasteiger partial charge in [-0.2, -0.15) is 0 Å². The summed E-state index contributed by atoms with van der Waals surface area (Å²) in [4.78, 5) is 12.7. The number of rotatable bonds is 8. The number of thioether (sulfide) groups is 1. The van der Waals surface area contributed by atoms with Crippen molar-refractivity contribution in [2.75, 3.05) is 12.4 Å². The molecule has 0 unspecified atom stereocenters. The monoisotopic (exact) mass is 482 g/mol. The minimum absolute atomic E-state index is 0.194. The minimum Gasteiger partial charge on any atom is -0.495 e. The first-order valence-corrected chi connectivity index (χ1v) is 11.9. The fourth-order valence-corrected chi connectivity index (χ4v) is 4.49. The molecule has 0 aliphatic heterocycles. The van der Waals surface area contributed by atoms with E-state index in [0.717, 1.165) is 16.4 Å². The predicted octanol–water partition coefficient (Wildman–Crippen LogP) is 6.08. The Balaban J connectivity index is 1.31. The number of para-hydroxylation sites is 3. The molecule has 35 heavy (non-hydrogen) atoms. The molecule has 7 nitrogen and oxygen atoms in total. The van der Waals surface area contributed by atoms with E-state index in [-0.39, 0.29) is 5.91 Å². The van der Waals surface area contributed by atoms with E-state index in [0.29, 0.717) is 34.3 Å². The van der Waals surface area contributed by atoms with Gasteiger partial charge in [-0.15, -0.1) is 10.2 Å². The summed E-state index contributed by atoms with van der Waals surface area (Å²) in [5.74, 6) is 2.38. The van der Waals surface area contributed by atoms with Gasteiger partial charge in [-0.05, 0) is 54.1 Å². The number of nitrogens with one attached hydrogen (secondary N) is 1. The van der Waals surface area contributed by atoms with Crippen molar-refractivity contribution >= 4 is 23.4 Å². The van der Waals surface area contributed by atoms with Crippen LogP contribution in [-0.2, 0) is 5.75 Å². The second-order valence-corrected chi connectivity index (χ2v) is 8.54. The summed E-state index contributed by atoms with van der Waals surface area (Å²) in [7, 11) is 1.58. The van der Waals surface area contributed by atoms with Crippen LogP contribution in [0.3, 0.4) is 0 Å². The molecule has 174 valence electrons. The molecule has 5 rings (SSSR count). The SMILES string of the molecule is COc1ccccc1NC(=O)c1ccc(CSc2nnc(-c3ccco3)n2-c2ccccc2)cc1. The van der Waals surface area contributed by atoms with Gasteiger partial charge in [0.2, 0.25) is 5.82 Å². The molecule has 0 radical (unpaired) electrons. The Morgan fingerprint density at radius 1 is 0.943 bits per heavy atom. The maximum atomic E-state index is 12.7. The van der Waals surface area contributed by atoms with E-state index in [1.54, 1.807) is 31.2 Å². The Morgan fingerprint density at radius 2 is 1.71 bits per heavy atom. The molecule has 0 atom stereocenters. The Bertz CT molecular complexity index is 1410. The van der Waals surface area contributed by atoms with Crippen LogP contribution in [0.1, 0.15) is 15.9 Å². The lowest BCUT2D eigenvalue weighted by Gasteiger charge is -2.10. The zero-order valence-corrected chi connectivity index (χ0v) is 19.7. The zero-order chi connectivity index (χ0) is 24.0. The van der Waals surface area contributed by atoms with E-state index in [1.165, 1.54) is 0 Å². The molecule has 1 amide bonds. The number of carbonyl (C=O) groups excluding carboxylic acids is 1. The second-order valence-electron chi connectivity index (χ2n) is 7.59. The standard InChI is InChI=1S/C27H22N4O3S/c1-33-23-11-6-5-10-22(23)28-26(32)20-15-13-19(14-16-20)18-35-27-30-29-25(24-12-7-17-34-24)31(27)21-8-3-2-4-9-21/h2-17H,18H2,1H3,(H,28,32). The van der Waals surface area contributed by atoms with Crippen LogP contribution in [0.5, 0.6) is 5.75 Å². The van der Waals surface area contributed by atoms with Crippen LogP contribution in [0, 0.1) is 0 Å². The van der Waals surface area contributed by atoms with E-state index < -0.39 is 0 Å². The molecule has 0 bridgehead atoms. The third kappa shape index (κ3) is 4.97. The van der Waals surface area contributed by atoms with Crippen molar-refractivity contribution in [1.82, 2.24) is 14.8 Å². The first kappa shape index (κ1) is 22.5. The second kappa shape index (κ2) is 10.3. The van der Waals surface area contributed by atoms with E-state index in [1.807, 2.05) is 89.5 Å². The van der Waals surface area contributed by atoms with E-state index in [9.17, 15) is 4.79 Å². The molecule has 1 N–H and O–H groups in total. The van der Waals surface area contributed by atoms with Crippen molar-refractivity contribution in [2.45, 2.75) is 10.9 Å². The molecular weight excluding hydrogens is 460 g/mol. The Labute approximate surface area is 206 Å². The van der Waals surface area contributed by atoms with Gasteiger partial charge in [0.25, 0.3) is 5.91 Å². The van der Waals surface area contributed by atoms with Gasteiger partial charge in [-0.1, -0.05) is 54.2 Å². The maximum absolute atomic E-state index is 12.7. The molecule has 0 fully saturated rings.